The van der Waals surface area contributed by atoms with Gasteiger partial charge in [-0.2, -0.15) is 17.5 Å². The van der Waals surface area contributed by atoms with Crippen molar-refractivity contribution >= 4 is 21.9 Å². The Morgan fingerprint density at radius 2 is 1.68 bits per heavy atom. The molecule has 2 aromatic rings. The number of alkyl halides is 3. The van der Waals surface area contributed by atoms with E-state index in [0.717, 1.165) is 32.7 Å². The molecule has 44 heavy (non-hydrogen) atoms. The summed E-state index contributed by atoms with van der Waals surface area (Å²) in [6.07, 6.45) is -2.72. The number of carbonyl (C=O) groups is 2. The van der Waals surface area contributed by atoms with E-state index >= 15 is 0 Å². The van der Waals surface area contributed by atoms with Crippen molar-refractivity contribution in [1.82, 2.24) is 29.2 Å². The quantitative estimate of drug-likeness (QED) is 0.448. The molecule has 1 N–H and O–H groups in total. The lowest BCUT2D eigenvalue weighted by molar-refractivity contribution is -0.192. The van der Waals surface area contributed by atoms with Gasteiger partial charge in [-0.25, -0.2) is 13.2 Å². The summed E-state index contributed by atoms with van der Waals surface area (Å²) >= 11 is 0. The number of hydrogen-bond donors (Lipinski definition) is 1. The van der Waals surface area contributed by atoms with Gasteiger partial charge in [0.2, 0.25) is 15.9 Å². The molecule has 3 heterocycles. The number of carbonyl (C=O) groups excluding carboxylic acids is 1. The number of aromatic nitrogens is 2. The van der Waals surface area contributed by atoms with Crippen molar-refractivity contribution in [1.29, 1.82) is 0 Å². The molecule has 2 aliphatic rings. The van der Waals surface area contributed by atoms with E-state index in [1.165, 1.54) is 32.1 Å². The van der Waals surface area contributed by atoms with E-state index in [0.29, 0.717) is 40.2 Å². The number of nitrogens with zero attached hydrogens (tertiary/aromatic N) is 6. The molecular weight excluding hydrogens is 609 g/mol. The normalized spacial score (nSPS) is 18.6. The zero-order valence-electron chi connectivity index (χ0n) is 27.9. The number of hydrogen-bond acceptors (Lipinski definition) is 10. The lowest BCUT2D eigenvalue weighted by Crippen LogP contribution is -2.50. The molecule has 2 saturated heterocycles. The van der Waals surface area contributed by atoms with Crippen LogP contribution >= 0.6 is 0 Å². The lowest BCUT2D eigenvalue weighted by Gasteiger charge is -2.37. The maximum absolute atomic E-state index is 13.6. The highest BCUT2D eigenvalue weighted by atomic mass is 32.2. The standard InChI is InChI=1S/C25H38N6O5S.C2HF3O2/c1-18-14-21(35-5)15-19(2)23(18)37(33,34)29(4)17-22-26-27-24(36-22)25(32)31-12-10-30(11-13-31)16-20-6-8-28(3)9-7-20;3-2(4,5)1(6)7/h14-15,20H,6-13,16-17H2,1-5H3;(H,6,7)/i4D3;. The largest absolute Gasteiger partial charge is 0.497 e. The number of aryl methyl sites for hydroxylation is 2. The lowest BCUT2D eigenvalue weighted by atomic mass is 9.96. The minimum Gasteiger partial charge on any atom is -0.497 e. The number of carboxylic acid groups (broad SMARTS) is 1. The third kappa shape index (κ3) is 9.12. The number of likely N-dealkylation sites (tertiary alicyclic amines) is 1. The van der Waals surface area contributed by atoms with Gasteiger partial charge in [0.05, 0.1) is 18.6 Å². The van der Waals surface area contributed by atoms with Gasteiger partial charge in [-0.1, -0.05) is 0 Å². The number of aliphatic carboxylic acids is 1. The first-order chi connectivity index (χ1) is 21.7. The fraction of sp³-hybridized carbons (Fsp3) is 0.630. The number of amides is 1. The van der Waals surface area contributed by atoms with E-state index < -0.39 is 41.6 Å². The SMILES string of the molecule is O=C(O)C(F)(F)F.[2H]C([2H])([2H])N(Cc1nnc(C(=O)N2CCN(CC3CCN(C)CC3)CC2)o1)S(=O)(=O)c1c(C)cc(OC)cc1C. The van der Waals surface area contributed by atoms with Crippen molar-refractivity contribution in [2.75, 3.05) is 66.9 Å². The second kappa shape index (κ2) is 14.7. The first-order valence-corrected chi connectivity index (χ1v) is 15.2. The van der Waals surface area contributed by atoms with Crippen molar-refractivity contribution in [2.45, 2.75) is 44.3 Å². The van der Waals surface area contributed by atoms with Crippen LogP contribution in [0.3, 0.4) is 0 Å². The zero-order valence-corrected chi connectivity index (χ0v) is 25.7. The van der Waals surface area contributed by atoms with Crippen LogP contribution in [0.25, 0.3) is 0 Å². The molecule has 1 aromatic carbocycles. The van der Waals surface area contributed by atoms with Gasteiger partial charge in [0, 0.05) is 43.8 Å². The molecule has 1 amide bonds. The van der Waals surface area contributed by atoms with E-state index in [9.17, 15) is 26.4 Å². The molecule has 2 aliphatic heterocycles. The minimum atomic E-state index is -5.08. The number of carboxylic acids is 1. The minimum absolute atomic E-state index is 0.140. The van der Waals surface area contributed by atoms with Crippen LogP contribution in [-0.4, -0.2) is 128 Å². The number of rotatable bonds is 8. The van der Waals surface area contributed by atoms with Gasteiger partial charge in [0.1, 0.15) is 5.75 Å². The molecule has 0 aliphatic carbocycles. The molecular formula is C27H39F3N6O7S. The molecule has 0 unspecified atom stereocenters. The monoisotopic (exact) mass is 651 g/mol. The van der Waals surface area contributed by atoms with Crippen molar-refractivity contribution in [3.8, 4) is 5.75 Å². The Balaban J connectivity index is 0.000000771. The number of methoxy groups -OCH3 is 1. The Bertz CT molecular complexity index is 1480. The first kappa shape index (κ1) is 30.7. The molecule has 246 valence electrons. The Morgan fingerprint density at radius 3 is 2.18 bits per heavy atom. The van der Waals surface area contributed by atoms with E-state index in [4.69, 9.17) is 23.2 Å². The van der Waals surface area contributed by atoms with E-state index in [2.05, 4.69) is 27.0 Å². The van der Waals surface area contributed by atoms with Crippen molar-refractivity contribution < 1.29 is 49.6 Å². The second-order valence-corrected chi connectivity index (χ2v) is 12.5. The average Bonchev–Trinajstić information content (AvgIpc) is 3.44. The zero-order chi connectivity index (χ0) is 35.3. The van der Waals surface area contributed by atoms with Gasteiger partial charge in [-0.3, -0.25) is 9.69 Å². The van der Waals surface area contributed by atoms with Gasteiger partial charge < -0.3 is 24.1 Å². The van der Waals surface area contributed by atoms with E-state index in [-0.39, 0.29) is 16.7 Å². The third-order valence-electron chi connectivity index (χ3n) is 7.40. The molecule has 13 nitrogen and oxygen atoms in total. The summed E-state index contributed by atoms with van der Waals surface area (Å²) in [7, 11) is -0.907. The van der Waals surface area contributed by atoms with E-state index in [1.54, 1.807) is 18.7 Å². The van der Waals surface area contributed by atoms with Crippen LogP contribution < -0.4 is 4.74 Å². The third-order valence-corrected chi connectivity index (χ3v) is 9.27. The maximum atomic E-state index is 13.6. The van der Waals surface area contributed by atoms with Crippen LogP contribution in [0.5, 0.6) is 5.75 Å². The predicted molar refractivity (Wildman–Crippen MR) is 152 cm³/mol. The molecule has 0 atom stereocenters. The molecule has 17 heteroatoms. The van der Waals surface area contributed by atoms with Crippen LogP contribution in [-0.2, 0) is 21.4 Å². The Labute approximate surface area is 258 Å². The summed E-state index contributed by atoms with van der Waals surface area (Å²) in [4.78, 5) is 28.2. The molecule has 1 aromatic heterocycles. The Kier molecular flexibility index (Phi) is 10.2. The number of benzene rings is 1. The summed E-state index contributed by atoms with van der Waals surface area (Å²) in [5.41, 5.74) is 0.671. The fourth-order valence-electron chi connectivity index (χ4n) is 5.04. The van der Waals surface area contributed by atoms with Crippen LogP contribution in [0.15, 0.2) is 21.4 Å². The topological polar surface area (TPSA) is 150 Å². The highest BCUT2D eigenvalue weighted by Crippen LogP contribution is 2.28. The molecule has 0 radical (unpaired) electrons. The highest BCUT2D eigenvalue weighted by molar-refractivity contribution is 7.89. The predicted octanol–water partition coefficient (Wildman–Crippen LogP) is 2.25. The molecule has 0 spiro atoms. The van der Waals surface area contributed by atoms with Crippen LogP contribution in [0.4, 0.5) is 13.2 Å². The van der Waals surface area contributed by atoms with Gasteiger partial charge in [-0.15, -0.1) is 10.2 Å². The summed E-state index contributed by atoms with van der Waals surface area (Å²) in [5.74, 6) is -2.67. The van der Waals surface area contributed by atoms with Crippen LogP contribution in [0.2, 0.25) is 0 Å². The molecule has 0 saturated carbocycles. The van der Waals surface area contributed by atoms with Gasteiger partial charge >= 0.3 is 23.9 Å². The molecule has 4 rings (SSSR count). The van der Waals surface area contributed by atoms with Crippen molar-refractivity contribution in [3.63, 3.8) is 0 Å². The molecule has 2 fully saturated rings. The second-order valence-electron chi connectivity index (χ2n) is 10.7. The molecule has 0 bridgehead atoms. The summed E-state index contributed by atoms with van der Waals surface area (Å²) < 4.78 is 93.6. The number of piperidine rings is 1. The van der Waals surface area contributed by atoms with Crippen LogP contribution in [0.1, 0.15) is 44.7 Å². The van der Waals surface area contributed by atoms with Crippen molar-refractivity contribution in [2.24, 2.45) is 5.92 Å². The first-order valence-electron chi connectivity index (χ1n) is 15.2. The van der Waals surface area contributed by atoms with Crippen LogP contribution in [0, 0.1) is 19.8 Å². The average molecular weight is 652 g/mol. The Morgan fingerprint density at radius 1 is 1.11 bits per heavy atom. The van der Waals surface area contributed by atoms with Gasteiger partial charge in [0.15, 0.2) is 0 Å². The summed E-state index contributed by atoms with van der Waals surface area (Å²) in [5, 5.41) is 14.7. The van der Waals surface area contributed by atoms with E-state index in [1.807, 2.05) is 0 Å². The maximum Gasteiger partial charge on any atom is 0.490 e. The summed E-state index contributed by atoms with van der Waals surface area (Å²) in [6.45, 7) is 5.13. The summed E-state index contributed by atoms with van der Waals surface area (Å²) in [6, 6.07) is 3.04. The number of ether oxygens (including phenoxy) is 1. The number of piperazine rings is 1. The Hall–Kier alpha value is -3.28. The smallest absolute Gasteiger partial charge is 0.490 e. The van der Waals surface area contributed by atoms with Crippen molar-refractivity contribution in [3.05, 3.63) is 35.0 Å². The van der Waals surface area contributed by atoms with Gasteiger partial charge in [0.25, 0.3) is 0 Å². The number of halogens is 3. The highest BCUT2D eigenvalue weighted by Gasteiger charge is 2.38. The van der Waals surface area contributed by atoms with Gasteiger partial charge in [-0.05, 0) is 76.0 Å². The fourth-order valence-corrected chi connectivity index (χ4v) is 6.47. The number of sulfonamides is 1.